The second kappa shape index (κ2) is 6.43. The van der Waals surface area contributed by atoms with Crippen LogP contribution in [0.3, 0.4) is 0 Å². The summed E-state index contributed by atoms with van der Waals surface area (Å²) in [6, 6.07) is 9.01. The Bertz CT molecular complexity index is 578. The molecular formula is C14H16N2O2S. The molecule has 0 fully saturated rings. The molecule has 1 N–H and O–H groups in total. The first kappa shape index (κ1) is 13.7. The fourth-order valence-corrected chi connectivity index (χ4v) is 2.74. The SMILES string of the molecule is CCCc1ncc(C(=O)CS(=O)c2ccccc2)[nH]1. The molecular weight excluding hydrogens is 260 g/mol. The van der Waals surface area contributed by atoms with Crippen molar-refractivity contribution in [2.24, 2.45) is 0 Å². The lowest BCUT2D eigenvalue weighted by molar-refractivity contribution is 0.101. The lowest BCUT2D eigenvalue weighted by Gasteiger charge is -2.00. The highest BCUT2D eigenvalue weighted by Crippen LogP contribution is 2.08. The Kier molecular flexibility index (Phi) is 4.63. The third-order valence-electron chi connectivity index (χ3n) is 2.68. The molecule has 0 aliphatic carbocycles. The minimum Gasteiger partial charge on any atom is -0.340 e. The molecule has 0 spiro atoms. The fourth-order valence-electron chi connectivity index (χ4n) is 1.72. The average Bonchev–Trinajstić information content (AvgIpc) is 2.89. The summed E-state index contributed by atoms with van der Waals surface area (Å²) in [5.74, 6) is 0.617. The van der Waals surface area contributed by atoms with Crippen LogP contribution in [-0.4, -0.2) is 25.7 Å². The standard InChI is InChI=1S/C14H16N2O2S/c1-2-6-14-15-9-12(16-14)13(17)10-19(18)11-7-4-3-5-8-11/h3-5,7-9H,2,6,10H2,1H3,(H,15,16). The van der Waals surface area contributed by atoms with E-state index in [1.54, 1.807) is 12.1 Å². The molecule has 0 aliphatic rings. The molecule has 0 aliphatic heterocycles. The van der Waals surface area contributed by atoms with E-state index in [4.69, 9.17) is 0 Å². The Morgan fingerprint density at radius 3 is 2.74 bits per heavy atom. The van der Waals surface area contributed by atoms with Crippen LogP contribution in [0.25, 0.3) is 0 Å². The number of imidazole rings is 1. The number of hydrogen-bond donors (Lipinski definition) is 1. The van der Waals surface area contributed by atoms with Crippen LogP contribution in [0.1, 0.15) is 29.7 Å². The predicted octanol–water partition coefficient (Wildman–Crippen LogP) is 2.35. The maximum atomic E-state index is 12.0. The summed E-state index contributed by atoms with van der Waals surface area (Å²) in [5.41, 5.74) is 0.438. The lowest BCUT2D eigenvalue weighted by Crippen LogP contribution is -2.11. The molecule has 1 unspecified atom stereocenters. The van der Waals surface area contributed by atoms with Crippen molar-refractivity contribution in [3.8, 4) is 0 Å². The number of nitrogens with one attached hydrogen (secondary N) is 1. The number of rotatable bonds is 6. The number of nitrogens with zero attached hydrogens (tertiary/aromatic N) is 1. The quantitative estimate of drug-likeness (QED) is 0.824. The summed E-state index contributed by atoms with van der Waals surface area (Å²) in [5, 5.41) is 0. The molecule has 2 rings (SSSR count). The topological polar surface area (TPSA) is 62.8 Å². The van der Waals surface area contributed by atoms with Crippen LogP contribution >= 0.6 is 0 Å². The highest BCUT2D eigenvalue weighted by Gasteiger charge is 2.14. The van der Waals surface area contributed by atoms with Crippen molar-refractivity contribution in [3.63, 3.8) is 0 Å². The molecule has 4 nitrogen and oxygen atoms in total. The Morgan fingerprint density at radius 1 is 1.32 bits per heavy atom. The normalized spacial score (nSPS) is 12.3. The van der Waals surface area contributed by atoms with Crippen molar-refractivity contribution in [1.82, 2.24) is 9.97 Å². The molecule has 1 aromatic carbocycles. The minimum atomic E-state index is -1.31. The van der Waals surface area contributed by atoms with E-state index >= 15 is 0 Å². The molecule has 1 aromatic heterocycles. The zero-order valence-electron chi connectivity index (χ0n) is 10.8. The van der Waals surface area contributed by atoms with Crippen LogP contribution in [0, 0.1) is 0 Å². The molecule has 0 bridgehead atoms. The molecule has 0 radical (unpaired) electrons. The number of hydrogen-bond acceptors (Lipinski definition) is 3. The number of H-pyrrole nitrogens is 1. The van der Waals surface area contributed by atoms with Crippen LogP contribution in [0.4, 0.5) is 0 Å². The number of ketones is 1. The van der Waals surface area contributed by atoms with Gasteiger partial charge in [-0.3, -0.25) is 9.00 Å². The van der Waals surface area contributed by atoms with Crippen molar-refractivity contribution in [1.29, 1.82) is 0 Å². The second-order valence-electron chi connectivity index (χ2n) is 4.22. The van der Waals surface area contributed by atoms with Gasteiger partial charge in [0.25, 0.3) is 0 Å². The van der Waals surface area contributed by atoms with Gasteiger partial charge in [-0.1, -0.05) is 25.1 Å². The van der Waals surface area contributed by atoms with Crippen molar-refractivity contribution < 1.29 is 9.00 Å². The smallest absolute Gasteiger partial charge is 0.193 e. The fraction of sp³-hybridized carbons (Fsp3) is 0.286. The summed E-state index contributed by atoms with van der Waals surface area (Å²) in [6.45, 7) is 2.05. The number of benzene rings is 1. The van der Waals surface area contributed by atoms with Gasteiger partial charge in [0.2, 0.25) is 0 Å². The number of Topliss-reactive ketones (excluding diaryl/α,β-unsaturated/α-hetero) is 1. The zero-order chi connectivity index (χ0) is 13.7. The number of aryl methyl sites for hydroxylation is 1. The van der Waals surface area contributed by atoms with Gasteiger partial charge in [0, 0.05) is 11.3 Å². The molecule has 100 valence electrons. The van der Waals surface area contributed by atoms with Gasteiger partial charge in [0.15, 0.2) is 5.78 Å². The number of aromatic nitrogens is 2. The van der Waals surface area contributed by atoms with Crippen LogP contribution in [0.15, 0.2) is 41.4 Å². The van der Waals surface area contributed by atoms with Gasteiger partial charge >= 0.3 is 0 Å². The third kappa shape index (κ3) is 3.61. The molecule has 1 atom stereocenters. The highest BCUT2D eigenvalue weighted by molar-refractivity contribution is 7.85. The number of aromatic amines is 1. The summed E-state index contributed by atoms with van der Waals surface area (Å²) >= 11 is 0. The maximum Gasteiger partial charge on any atom is 0.193 e. The van der Waals surface area contributed by atoms with Crippen molar-refractivity contribution in [2.75, 3.05) is 5.75 Å². The third-order valence-corrected chi connectivity index (χ3v) is 4.01. The summed E-state index contributed by atoms with van der Waals surface area (Å²) in [6.07, 6.45) is 3.31. The molecule has 2 aromatic rings. The first-order valence-corrected chi connectivity index (χ1v) is 7.53. The van der Waals surface area contributed by atoms with E-state index in [9.17, 15) is 9.00 Å². The molecule has 0 amide bonds. The first-order valence-electron chi connectivity index (χ1n) is 6.21. The number of carbonyl (C=O) groups is 1. The lowest BCUT2D eigenvalue weighted by atomic mass is 10.3. The summed E-state index contributed by atoms with van der Waals surface area (Å²) < 4.78 is 12.0. The molecule has 0 saturated heterocycles. The monoisotopic (exact) mass is 276 g/mol. The van der Waals surface area contributed by atoms with E-state index < -0.39 is 10.8 Å². The van der Waals surface area contributed by atoms with Gasteiger partial charge in [-0.05, 0) is 18.6 Å². The van der Waals surface area contributed by atoms with Crippen molar-refractivity contribution in [3.05, 3.63) is 48.0 Å². The first-order chi connectivity index (χ1) is 9.20. The Morgan fingerprint density at radius 2 is 2.05 bits per heavy atom. The Balaban J connectivity index is 2.02. The van der Waals surface area contributed by atoms with E-state index in [0.717, 1.165) is 18.7 Å². The highest BCUT2D eigenvalue weighted by atomic mass is 32.2. The van der Waals surface area contributed by atoms with E-state index in [0.29, 0.717) is 10.6 Å². The second-order valence-corrected chi connectivity index (χ2v) is 5.67. The van der Waals surface area contributed by atoms with E-state index in [-0.39, 0.29) is 11.5 Å². The van der Waals surface area contributed by atoms with Gasteiger partial charge in [0.1, 0.15) is 11.5 Å². The molecule has 1 heterocycles. The van der Waals surface area contributed by atoms with E-state index in [2.05, 4.69) is 16.9 Å². The van der Waals surface area contributed by atoms with Gasteiger partial charge in [-0.2, -0.15) is 0 Å². The van der Waals surface area contributed by atoms with E-state index in [1.165, 1.54) is 6.20 Å². The van der Waals surface area contributed by atoms with Crippen LogP contribution in [0.5, 0.6) is 0 Å². The Hall–Kier alpha value is -1.75. The van der Waals surface area contributed by atoms with Crippen molar-refractivity contribution in [2.45, 2.75) is 24.7 Å². The van der Waals surface area contributed by atoms with Gasteiger partial charge in [-0.25, -0.2) is 4.98 Å². The average molecular weight is 276 g/mol. The van der Waals surface area contributed by atoms with Crippen molar-refractivity contribution >= 4 is 16.6 Å². The van der Waals surface area contributed by atoms with Gasteiger partial charge < -0.3 is 4.98 Å². The largest absolute Gasteiger partial charge is 0.340 e. The Labute approximate surface area is 114 Å². The predicted molar refractivity (Wildman–Crippen MR) is 74.6 cm³/mol. The zero-order valence-corrected chi connectivity index (χ0v) is 11.6. The summed E-state index contributed by atoms with van der Waals surface area (Å²) in [7, 11) is -1.31. The van der Waals surface area contributed by atoms with E-state index in [1.807, 2.05) is 18.2 Å². The van der Waals surface area contributed by atoms with Gasteiger partial charge in [0.05, 0.1) is 22.7 Å². The number of carbonyl (C=O) groups excluding carboxylic acids is 1. The summed E-state index contributed by atoms with van der Waals surface area (Å²) in [4.78, 5) is 19.8. The van der Waals surface area contributed by atoms with Gasteiger partial charge in [-0.15, -0.1) is 0 Å². The molecule has 5 heteroatoms. The molecule has 19 heavy (non-hydrogen) atoms. The van der Waals surface area contributed by atoms with Crippen LogP contribution in [0.2, 0.25) is 0 Å². The molecule has 0 saturated carbocycles. The minimum absolute atomic E-state index is 0.0161. The maximum absolute atomic E-state index is 12.0. The van der Waals surface area contributed by atoms with Crippen LogP contribution < -0.4 is 0 Å². The van der Waals surface area contributed by atoms with Crippen LogP contribution in [-0.2, 0) is 17.2 Å².